The molecule has 0 heterocycles. The third-order valence-electron chi connectivity index (χ3n) is 3.93. The zero-order valence-electron chi connectivity index (χ0n) is 14.6. The lowest BCUT2D eigenvalue weighted by Crippen LogP contribution is -2.02. The summed E-state index contributed by atoms with van der Waals surface area (Å²) >= 11 is 15.4. The van der Waals surface area contributed by atoms with Gasteiger partial charge in [0, 0.05) is 22.3 Å². The minimum Gasteiger partial charge on any atom is -0.493 e. The molecule has 0 spiro atoms. The van der Waals surface area contributed by atoms with E-state index in [4.69, 9.17) is 32.7 Å². The number of anilines is 1. The first kappa shape index (κ1) is 19.9. The molecule has 0 bridgehead atoms. The number of halogens is 3. The second kappa shape index (κ2) is 9.36. The fraction of sp³-hybridized carbons (Fsp3) is 0.143. The Hall–Kier alpha value is -1.88. The summed E-state index contributed by atoms with van der Waals surface area (Å²) in [7, 11) is 1.63. The van der Waals surface area contributed by atoms with Crippen LogP contribution in [-0.4, -0.2) is 7.11 Å². The molecule has 3 rings (SSSR count). The van der Waals surface area contributed by atoms with Crippen molar-refractivity contribution < 1.29 is 9.47 Å². The third kappa shape index (κ3) is 5.55. The van der Waals surface area contributed by atoms with Gasteiger partial charge in [-0.2, -0.15) is 0 Å². The Morgan fingerprint density at radius 1 is 0.889 bits per heavy atom. The van der Waals surface area contributed by atoms with Gasteiger partial charge in [-0.25, -0.2) is 0 Å². The SMILES string of the molecule is COc1cc(CNc2ccc(Cl)cc2)cc(Br)c1OCc1ccc(Cl)cc1. The molecule has 0 aliphatic carbocycles. The van der Waals surface area contributed by atoms with Crippen LogP contribution in [0.3, 0.4) is 0 Å². The van der Waals surface area contributed by atoms with Gasteiger partial charge in [0.15, 0.2) is 11.5 Å². The van der Waals surface area contributed by atoms with Crippen molar-refractivity contribution in [1.29, 1.82) is 0 Å². The van der Waals surface area contributed by atoms with Gasteiger partial charge in [-0.15, -0.1) is 0 Å². The minimum absolute atomic E-state index is 0.425. The van der Waals surface area contributed by atoms with E-state index in [1.165, 1.54) is 0 Å². The van der Waals surface area contributed by atoms with Crippen LogP contribution in [0, 0.1) is 0 Å². The van der Waals surface area contributed by atoms with Crippen molar-refractivity contribution in [2.45, 2.75) is 13.2 Å². The fourth-order valence-electron chi connectivity index (χ4n) is 2.52. The van der Waals surface area contributed by atoms with E-state index in [-0.39, 0.29) is 0 Å². The Bertz CT molecular complexity index is 899. The molecule has 27 heavy (non-hydrogen) atoms. The van der Waals surface area contributed by atoms with Gasteiger partial charge >= 0.3 is 0 Å². The van der Waals surface area contributed by atoms with Gasteiger partial charge < -0.3 is 14.8 Å². The van der Waals surface area contributed by atoms with Crippen LogP contribution in [0.4, 0.5) is 5.69 Å². The molecule has 6 heteroatoms. The Kier molecular flexibility index (Phi) is 6.89. The largest absolute Gasteiger partial charge is 0.493 e. The van der Waals surface area contributed by atoms with Crippen molar-refractivity contribution in [2.75, 3.05) is 12.4 Å². The van der Waals surface area contributed by atoms with Gasteiger partial charge in [0.2, 0.25) is 0 Å². The molecule has 0 aliphatic rings. The third-order valence-corrected chi connectivity index (χ3v) is 5.02. The van der Waals surface area contributed by atoms with E-state index in [9.17, 15) is 0 Å². The van der Waals surface area contributed by atoms with Crippen LogP contribution in [0.2, 0.25) is 10.0 Å². The molecule has 0 amide bonds. The monoisotopic (exact) mass is 465 g/mol. The van der Waals surface area contributed by atoms with Crippen molar-refractivity contribution in [3.05, 3.63) is 86.3 Å². The number of ether oxygens (including phenoxy) is 2. The second-order valence-electron chi connectivity index (χ2n) is 5.88. The topological polar surface area (TPSA) is 30.5 Å². The van der Waals surface area contributed by atoms with Crippen molar-refractivity contribution in [1.82, 2.24) is 0 Å². The lowest BCUT2D eigenvalue weighted by molar-refractivity contribution is 0.282. The summed E-state index contributed by atoms with van der Waals surface area (Å²) in [5, 5.41) is 4.78. The Labute approximate surface area is 177 Å². The standard InChI is InChI=1S/C21H18BrCl2NO2/c1-26-20-11-15(12-25-18-8-6-17(24)7-9-18)10-19(22)21(20)27-13-14-2-4-16(23)5-3-14/h2-11,25H,12-13H2,1H3. The first-order valence-corrected chi connectivity index (χ1v) is 9.83. The summed E-state index contributed by atoms with van der Waals surface area (Å²) in [6.45, 7) is 1.07. The van der Waals surface area contributed by atoms with E-state index in [0.717, 1.165) is 21.3 Å². The normalized spacial score (nSPS) is 10.5. The number of nitrogens with one attached hydrogen (secondary N) is 1. The number of hydrogen-bond donors (Lipinski definition) is 1. The summed E-state index contributed by atoms with van der Waals surface area (Å²) in [5.74, 6) is 1.34. The predicted octanol–water partition coefficient (Wildman–Crippen LogP) is 6.96. The summed E-state index contributed by atoms with van der Waals surface area (Å²) < 4.78 is 12.3. The van der Waals surface area contributed by atoms with Crippen LogP contribution in [0.5, 0.6) is 11.5 Å². The van der Waals surface area contributed by atoms with Crippen LogP contribution in [-0.2, 0) is 13.2 Å². The van der Waals surface area contributed by atoms with Crippen molar-refractivity contribution >= 4 is 44.8 Å². The summed E-state index contributed by atoms with van der Waals surface area (Å²) in [6, 6.07) is 19.1. The molecular formula is C21H18BrCl2NO2. The van der Waals surface area contributed by atoms with Crippen LogP contribution in [0.25, 0.3) is 0 Å². The maximum Gasteiger partial charge on any atom is 0.175 e. The molecule has 0 aromatic heterocycles. The zero-order valence-corrected chi connectivity index (χ0v) is 17.7. The zero-order chi connectivity index (χ0) is 19.2. The van der Waals surface area contributed by atoms with Crippen molar-refractivity contribution in [3.8, 4) is 11.5 Å². The van der Waals surface area contributed by atoms with E-state index < -0.39 is 0 Å². The molecule has 140 valence electrons. The van der Waals surface area contributed by atoms with Gasteiger partial charge in [0.1, 0.15) is 6.61 Å². The number of hydrogen-bond acceptors (Lipinski definition) is 3. The van der Waals surface area contributed by atoms with Crippen LogP contribution in [0.1, 0.15) is 11.1 Å². The first-order valence-electron chi connectivity index (χ1n) is 8.28. The van der Waals surface area contributed by atoms with Gasteiger partial charge in [0.05, 0.1) is 11.6 Å². The first-order chi connectivity index (χ1) is 13.0. The molecule has 0 atom stereocenters. The maximum absolute atomic E-state index is 5.97. The Balaban J connectivity index is 1.70. The molecule has 0 fully saturated rings. The van der Waals surface area contributed by atoms with Gasteiger partial charge in [0.25, 0.3) is 0 Å². The van der Waals surface area contributed by atoms with Crippen LogP contribution in [0.15, 0.2) is 65.1 Å². The van der Waals surface area contributed by atoms with E-state index in [0.29, 0.717) is 34.7 Å². The average molecular weight is 467 g/mol. The summed E-state index contributed by atoms with van der Waals surface area (Å²) in [6.07, 6.45) is 0. The minimum atomic E-state index is 0.425. The van der Waals surface area contributed by atoms with Crippen LogP contribution >= 0.6 is 39.1 Å². The van der Waals surface area contributed by atoms with Gasteiger partial charge in [-0.05, 0) is 75.6 Å². The van der Waals surface area contributed by atoms with Gasteiger partial charge in [-0.1, -0.05) is 35.3 Å². The number of methoxy groups -OCH3 is 1. The Morgan fingerprint density at radius 2 is 1.52 bits per heavy atom. The highest BCUT2D eigenvalue weighted by Gasteiger charge is 2.12. The fourth-order valence-corrected chi connectivity index (χ4v) is 3.38. The number of rotatable bonds is 7. The van der Waals surface area contributed by atoms with E-state index >= 15 is 0 Å². The van der Waals surface area contributed by atoms with Crippen molar-refractivity contribution in [3.63, 3.8) is 0 Å². The molecule has 3 aromatic carbocycles. The van der Waals surface area contributed by atoms with E-state index in [2.05, 4.69) is 21.2 Å². The molecular weight excluding hydrogens is 449 g/mol. The highest BCUT2D eigenvalue weighted by atomic mass is 79.9. The molecule has 0 unspecified atom stereocenters. The molecule has 0 saturated heterocycles. The van der Waals surface area contributed by atoms with Gasteiger partial charge in [-0.3, -0.25) is 0 Å². The van der Waals surface area contributed by atoms with E-state index in [1.54, 1.807) is 7.11 Å². The second-order valence-corrected chi connectivity index (χ2v) is 7.61. The summed E-state index contributed by atoms with van der Waals surface area (Å²) in [4.78, 5) is 0. The van der Waals surface area contributed by atoms with Crippen molar-refractivity contribution in [2.24, 2.45) is 0 Å². The Morgan fingerprint density at radius 3 is 2.15 bits per heavy atom. The molecule has 1 N–H and O–H groups in total. The molecule has 0 saturated carbocycles. The molecule has 0 aliphatic heterocycles. The lowest BCUT2D eigenvalue weighted by Gasteiger charge is -2.15. The summed E-state index contributed by atoms with van der Waals surface area (Å²) in [5.41, 5.74) is 3.09. The quantitative estimate of drug-likeness (QED) is 0.408. The smallest absolute Gasteiger partial charge is 0.175 e. The predicted molar refractivity (Wildman–Crippen MR) is 115 cm³/mol. The molecule has 0 radical (unpaired) electrons. The maximum atomic E-state index is 5.97. The average Bonchev–Trinajstić information content (AvgIpc) is 2.67. The highest BCUT2D eigenvalue weighted by molar-refractivity contribution is 9.10. The highest BCUT2D eigenvalue weighted by Crippen LogP contribution is 2.37. The molecule has 3 nitrogen and oxygen atoms in total. The number of benzene rings is 3. The molecule has 3 aromatic rings. The van der Waals surface area contributed by atoms with Crippen LogP contribution < -0.4 is 14.8 Å². The lowest BCUT2D eigenvalue weighted by atomic mass is 10.2. The van der Waals surface area contributed by atoms with E-state index in [1.807, 2.05) is 60.7 Å².